The molecule has 0 aliphatic rings. The number of hydrogen-bond acceptors (Lipinski definition) is 3. The number of nitrogens with zero attached hydrogens (tertiary/aromatic N) is 4. The third-order valence-corrected chi connectivity index (χ3v) is 9.75. The molecule has 9 rings (SSSR count). The zero-order valence-electron chi connectivity index (χ0n) is 29.8. The van der Waals surface area contributed by atoms with Crippen molar-refractivity contribution in [2.75, 3.05) is 0 Å². The van der Waals surface area contributed by atoms with Crippen molar-refractivity contribution in [1.29, 1.82) is 0 Å². The van der Waals surface area contributed by atoms with Crippen molar-refractivity contribution in [2.45, 2.75) is 33.1 Å². The molecule has 3 aromatic heterocycles. The molecule has 0 saturated carbocycles. The van der Waals surface area contributed by atoms with Crippen LogP contribution in [0.5, 0.6) is 11.5 Å². The van der Waals surface area contributed by atoms with Gasteiger partial charge >= 0.3 is 0 Å². The van der Waals surface area contributed by atoms with Crippen molar-refractivity contribution >= 4 is 32.8 Å². The van der Waals surface area contributed by atoms with Crippen molar-refractivity contribution in [2.24, 2.45) is 0 Å². The minimum atomic E-state index is 0. The minimum absolute atomic E-state index is 0. The molecule has 0 atom stereocenters. The SMILES string of the molecule is Cc1cc(-n2c3[c-]c(Oc4[c-]c(-n5[c-]nc6ccccc65)ccc4)ccc3c3cc(-c4ccccc4)ccc32)ncc1-c1ccc(C(C)(C)C)cc1.[Pt]. The molecular formula is C47H35N4OPt-3. The Morgan fingerprint density at radius 1 is 0.642 bits per heavy atom. The molecule has 0 unspecified atom stereocenters. The smallest absolute Gasteiger partial charge is 0.135 e. The molecule has 6 heteroatoms. The number of aryl methyl sites for hydroxylation is 1. The zero-order chi connectivity index (χ0) is 35.4. The van der Waals surface area contributed by atoms with Crippen molar-refractivity contribution in [3.8, 4) is 45.3 Å². The number of hydrogen-bond donors (Lipinski definition) is 0. The van der Waals surface area contributed by atoms with E-state index in [0.29, 0.717) is 11.5 Å². The quantitative estimate of drug-likeness (QED) is 0.156. The summed E-state index contributed by atoms with van der Waals surface area (Å²) in [6, 6.07) is 53.0. The number of benzene rings is 6. The maximum absolute atomic E-state index is 6.46. The van der Waals surface area contributed by atoms with Gasteiger partial charge in [0.15, 0.2) is 0 Å². The largest absolute Gasteiger partial charge is 0.510 e. The van der Waals surface area contributed by atoms with Gasteiger partial charge < -0.3 is 18.9 Å². The first-order chi connectivity index (χ1) is 25.3. The van der Waals surface area contributed by atoms with Crippen LogP contribution >= 0.6 is 0 Å². The molecule has 0 aliphatic heterocycles. The fraction of sp³-hybridized carbons (Fsp3) is 0.106. The van der Waals surface area contributed by atoms with Gasteiger partial charge in [-0.15, -0.1) is 29.3 Å². The van der Waals surface area contributed by atoms with Crippen LogP contribution in [-0.2, 0) is 26.5 Å². The summed E-state index contributed by atoms with van der Waals surface area (Å²) >= 11 is 0. The Morgan fingerprint density at radius 2 is 1.40 bits per heavy atom. The van der Waals surface area contributed by atoms with Crippen LogP contribution < -0.4 is 4.74 Å². The van der Waals surface area contributed by atoms with E-state index in [1.54, 1.807) is 0 Å². The summed E-state index contributed by atoms with van der Waals surface area (Å²) < 4.78 is 10.5. The number of para-hydroxylation sites is 2. The maximum Gasteiger partial charge on any atom is 0.135 e. The maximum atomic E-state index is 6.46. The van der Waals surface area contributed by atoms with Crippen LogP contribution in [-0.4, -0.2) is 19.1 Å². The van der Waals surface area contributed by atoms with E-state index in [2.05, 4.69) is 135 Å². The molecule has 0 spiro atoms. The fourth-order valence-corrected chi connectivity index (χ4v) is 6.98. The molecule has 0 saturated heterocycles. The van der Waals surface area contributed by atoms with Crippen LogP contribution in [0.1, 0.15) is 31.9 Å². The van der Waals surface area contributed by atoms with Crippen molar-refractivity contribution < 1.29 is 25.8 Å². The number of pyridine rings is 1. The summed E-state index contributed by atoms with van der Waals surface area (Å²) in [5.74, 6) is 1.98. The van der Waals surface area contributed by atoms with Gasteiger partial charge in [-0.05, 0) is 63.2 Å². The van der Waals surface area contributed by atoms with Gasteiger partial charge in [0.25, 0.3) is 0 Å². The molecule has 3 heterocycles. The predicted molar refractivity (Wildman–Crippen MR) is 211 cm³/mol. The number of ether oxygens (including phenoxy) is 1. The molecule has 9 aromatic rings. The summed E-state index contributed by atoms with van der Waals surface area (Å²) in [5.41, 5.74) is 11.7. The van der Waals surface area contributed by atoms with E-state index < -0.39 is 0 Å². The Morgan fingerprint density at radius 3 is 2.19 bits per heavy atom. The Balaban J connectivity index is 0.00000400. The number of fused-ring (bicyclic) bond motifs is 4. The second kappa shape index (κ2) is 13.7. The summed E-state index contributed by atoms with van der Waals surface area (Å²) in [6.45, 7) is 8.87. The topological polar surface area (TPSA) is 44.9 Å². The van der Waals surface area contributed by atoms with Crippen LogP contribution in [0.15, 0.2) is 140 Å². The average Bonchev–Trinajstić information content (AvgIpc) is 3.74. The van der Waals surface area contributed by atoms with E-state index in [1.165, 1.54) is 11.1 Å². The first-order valence-corrected chi connectivity index (χ1v) is 17.5. The molecule has 0 fully saturated rings. The zero-order valence-corrected chi connectivity index (χ0v) is 32.1. The van der Waals surface area contributed by atoms with E-state index in [-0.39, 0.29) is 26.5 Å². The van der Waals surface area contributed by atoms with E-state index in [0.717, 1.165) is 66.6 Å². The monoisotopic (exact) mass is 866 g/mol. The van der Waals surface area contributed by atoms with Gasteiger partial charge in [0.05, 0.1) is 0 Å². The molecule has 53 heavy (non-hydrogen) atoms. The number of rotatable bonds is 6. The molecule has 0 amide bonds. The van der Waals surface area contributed by atoms with Gasteiger partial charge in [-0.25, -0.2) is 4.98 Å². The number of imidazole rings is 1. The first kappa shape index (κ1) is 34.3. The molecule has 262 valence electrons. The summed E-state index contributed by atoms with van der Waals surface area (Å²) in [6.07, 6.45) is 5.08. The third kappa shape index (κ3) is 6.36. The Hall–Kier alpha value is -5.77. The second-order valence-electron chi connectivity index (χ2n) is 14.2. The van der Waals surface area contributed by atoms with Crippen LogP contribution in [0.3, 0.4) is 0 Å². The van der Waals surface area contributed by atoms with E-state index in [4.69, 9.17) is 9.72 Å². The molecule has 0 bridgehead atoms. The Kier molecular flexibility index (Phi) is 8.84. The van der Waals surface area contributed by atoms with Crippen LogP contribution in [0.2, 0.25) is 0 Å². The van der Waals surface area contributed by atoms with Gasteiger partial charge in [0.2, 0.25) is 0 Å². The molecule has 0 radical (unpaired) electrons. The summed E-state index contributed by atoms with van der Waals surface area (Å²) in [4.78, 5) is 9.50. The van der Waals surface area contributed by atoms with E-state index >= 15 is 0 Å². The predicted octanol–water partition coefficient (Wildman–Crippen LogP) is 11.6. The molecule has 0 N–H and O–H groups in total. The van der Waals surface area contributed by atoms with Crippen LogP contribution in [0.25, 0.3) is 66.6 Å². The van der Waals surface area contributed by atoms with Gasteiger partial charge in [-0.3, -0.25) is 0 Å². The van der Waals surface area contributed by atoms with Crippen molar-refractivity contribution in [1.82, 2.24) is 19.1 Å². The third-order valence-electron chi connectivity index (χ3n) is 9.75. The van der Waals surface area contributed by atoms with Gasteiger partial charge in [0, 0.05) is 56.2 Å². The molecular weight excluding hydrogens is 832 g/mol. The first-order valence-electron chi connectivity index (χ1n) is 17.5. The summed E-state index contributed by atoms with van der Waals surface area (Å²) in [7, 11) is 0. The Bertz CT molecular complexity index is 2760. The minimum Gasteiger partial charge on any atom is -0.510 e. The van der Waals surface area contributed by atoms with Crippen LogP contribution in [0, 0.1) is 25.4 Å². The second-order valence-corrected chi connectivity index (χ2v) is 14.2. The Labute approximate surface area is 323 Å². The van der Waals surface area contributed by atoms with Gasteiger partial charge in [0.1, 0.15) is 5.82 Å². The summed E-state index contributed by atoms with van der Waals surface area (Å²) in [5, 5.41) is 2.19. The van der Waals surface area contributed by atoms with E-state index in [9.17, 15) is 0 Å². The van der Waals surface area contributed by atoms with Gasteiger partial charge in [-0.1, -0.05) is 123 Å². The normalized spacial score (nSPS) is 11.6. The van der Waals surface area contributed by atoms with Gasteiger partial charge in [-0.2, -0.15) is 24.3 Å². The number of aromatic nitrogens is 4. The molecule has 6 aromatic carbocycles. The van der Waals surface area contributed by atoms with E-state index in [1.807, 2.05) is 65.4 Å². The van der Waals surface area contributed by atoms with Crippen molar-refractivity contribution in [3.63, 3.8) is 0 Å². The fourth-order valence-electron chi connectivity index (χ4n) is 6.98. The average molecular weight is 867 g/mol. The standard InChI is InChI=1S/C47H35N4O.Pt/c1-31-25-46(48-29-41(31)33-17-20-35(21-18-33)47(2,3)4)51-43-24-19-34(32-11-6-5-7-12-32)26-40(43)39-23-22-38(28-45(39)51)52-37-14-10-13-36(27-37)50-30-49-42-15-8-9-16-44(42)50;/h5-26,29H,1-4H3;/q-3;. The molecule has 5 nitrogen and oxygen atoms in total. The van der Waals surface area contributed by atoms with Crippen LogP contribution in [0.4, 0.5) is 0 Å². The van der Waals surface area contributed by atoms with Crippen molar-refractivity contribution in [3.05, 3.63) is 169 Å². The molecule has 0 aliphatic carbocycles.